The van der Waals surface area contributed by atoms with Crippen LogP contribution in [0.1, 0.15) is 37.5 Å². The fourth-order valence-corrected chi connectivity index (χ4v) is 1.61. The number of hydrogen-bond donors (Lipinski definition) is 3. The van der Waals surface area contributed by atoms with Crippen molar-refractivity contribution in [3.63, 3.8) is 0 Å². The lowest BCUT2D eigenvalue weighted by Gasteiger charge is -2.19. The molecular formula is C14H21N3O2. The van der Waals surface area contributed by atoms with E-state index >= 15 is 0 Å². The van der Waals surface area contributed by atoms with E-state index < -0.39 is 11.7 Å². The van der Waals surface area contributed by atoms with Gasteiger partial charge in [0.15, 0.2) is 0 Å². The topological polar surface area (TPSA) is 88.2 Å². The van der Waals surface area contributed by atoms with Crippen LogP contribution in [0, 0.1) is 12.3 Å². The van der Waals surface area contributed by atoms with E-state index in [0.29, 0.717) is 12.1 Å². The second-order valence-electron chi connectivity index (χ2n) is 5.48. The van der Waals surface area contributed by atoms with Crippen molar-refractivity contribution < 1.29 is 9.53 Å². The molecule has 104 valence electrons. The number of amidine groups is 1. The second-order valence-corrected chi connectivity index (χ2v) is 5.48. The average molecular weight is 263 g/mol. The number of amides is 1. The van der Waals surface area contributed by atoms with Crippen LogP contribution < -0.4 is 11.1 Å². The van der Waals surface area contributed by atoms with Crippen LogP contribution >= 0.6 is 0 Å². The molecule has 0 aliphatic carbocycles. The Balaban J connectivity index is 2.68. The largest absolute Gasteiger partial charge is 0.444 e. The van der Waals surface area contributed by atoms with Crippen molar-refractivity contribution in [1.82, 2.24) is 5.32 Å². The third-order valence-electron chi connectivity index (χ3n) is 2.28. The molecule has 0 radical (unpaired) electrons. The number of carbonyl (C=O) groups excluding carboxylic acids is 1. The van der Waals surface area contributed by atoms with E-state index in [1.54, 1.807) is 6.07 Å². The zero-order valence-corrected chi connectivity index (χ0v) is 11.8. The summed E-state index contributed by atoms with van der Waals surface area (Å²) in [5, 5.41) is 10.1. The molecule has 0 aliphatic rings. The quantitative estimate of drug-likeness (QED) is 0.577. The maximum absolute atomic E-state index is 11.5. The number of nitrogen functional groups attached to an aromatic ring is 1. The van der Waals surface area contributed by atoms with Gasteiger partial charge in [-0.2, -0.15) is 0 Å². The van der Waals surface area contributed by atoms with E-state index in [-0.39, 0.29) is 5.84 Å². The van der Waals surface area contributed by atoms with Crippen LogP contribution in [-0.2, 0) is 11.3 Å². The number of ether oxygens (including phenoxy) is 1. The second kappa shape index (κ2) is 5.73. The Morgan fingerprint density at radius 1 is 1.37 bits per heavy atom. The van der Waals surface area contributed by atoms with Crippen molar-refractivity contribution >= 4 is 11.9 Å². The highest BCUT2D eigenvalue weighted by molar-refractivity contribution is 5.95. The fraction of sp³-hybridized carbons (Fsp3) is 0.429. The molecule has 0 fully saturated rings. The molecule has 0 aromatic heterocycles. The molecule has 0 saturated heterocycles. The number of alkyl carbamates (subject to hydrolysis) is 1. The van der Waals surface area contributed by atoms with Crippen molar-refractivity contribution in [2.24, 2.45) is 5.73 Å². The van der Waals surface area contributed by atoms with Crippen molar-refractivity contribution in [3.05, 3.63) is 34.9 Å². The maximum Gasteiger partial charge on any atom is 0.407 e. The summed E-state index contributed by atoms with van der Waals surface area (Å²) in [6.45, 7) is 7.70. The summed E-state index contributed by atoms with van der Waals surface area (Å²) in [5.41, 5.74) is 7.48. The summed E-state index contributed by atoms with van der Waals surface area (Å²) < 4.78 is 5.15. The molecule has 0 heterocycles. The molecule has 1 rings (SSSR count). The SMILES string of the molecule is Cc1cc(CNC(=O)OC(C)(C)C)cc(C(=N)N)c1. The average Bonchev–Trinajstić information content (AvgIpc) is 2.23. The standard InChI is InChI=1S/C14H21N3O2/c1-9-5-10(7-11(6-9)12(15)16)8-17-13(18)19-14(2,3)4/h5-7H,8H2,1-4H3,(H3,15,16)(H,17,18). The molecule has 0 atom stereocenters. The minimum atomic E-state index is -0.513. The Kier molecular flexibility index (Phi) is 4.53. The van der Waals surface area contributed by atoms with Gasteiger partial charge in [0, 0.05) is 12.1 Å². The van der Waals surface area contributed by atoms with Crippen molar-refractivity contribution in [1.29, 1.82) is 5.41 Å². The van der Waals surface area contributed by atoms with E-state index in [0.717, 1.165) is 11.1 Å². The molecule has 4 N–H and O–H groups in total. The van der Waals surface area contributed by atoms with Crippen LogP contribution in [0.5, 0.6) is 0 Å². The molecule has 0 spiro atoms. The number of rotatable bonds is 3. The Bertz CT molecular complexity index is 490. The highest BCUT2D eigenvalue weighted by Crippen LogP contribution is 2.10. The molecule has 0 bridgehead atoms. The minimum absolute atomic E-state index is 0.0159. The van der Waals surface area contributed by atoms with Gasteiger partial charge in [-0.15, -0.1) is 0 Å². The molecule has 5 nitrogen and oxygen atoms in total. The van der Waals surface area contributed by atoms with Gasteiger partial charge < -0.3 is 15.8 Å². The minimum Gasteiger partial charge on any atom is -0.444 e. The Labute approximate surface area is 113 Å². The van der Waals surface area contributed by atoms with Crippen LogP contribution in [0.3, 0.4) is 0 Å². The van der Waals surface area contributed by atoms with Gasteiger partial charge in [0.05, 0.1) is 0 Å². The number of nitrogens with one attached hydrogen (secondary N) is 2. The van der Waals surface area contributed by atoms with Gasteiger partial charge >= 0.3 is 6.09 Å². The third kappa shape index (κ3) is 5.42. The lowest BCUT2D eigenvalue weighted by molar-refractivity contribution is 0.0523. The van der Waals surface area contributed by atoms with Gasteiger partial charge in [-0.05, 0) is 45.4 Å². The number of nitrogens with two attached hydrogens (primary N) is 1. The Morgan fingerprint density at radius 2 is 2.00 bits per heavy atom. The van der Waals surface area contributed by atoms with E-state index in [2.05, 4.69) is 5.32 Å². The summed E-state index contributed by atoms with van der Waals surface area (Å²) in [7, 11) is 0. The smallest absolute Gasteiger partial charge is 0.407 e. The Hall–Kier alpha value is -2.04. The van der Waals surface area contributed by atoms with Gasteiger partial charge in [-0.1, -0.05) is 11.6 Å². The molecule has 1 aromatic rings. The lowest BCUT2D eigenvalue weighted by atomic mass is 10.1. The van der Waals surface area contributed by atoms with Gasteiger partial charge in [0.1, 0.15) is 11.4 Å². The molecule has 0 unspecified atom stereocenters. The molecule has 5 heteroatoms. The van der Waals surface area contributed by atoms with Crippen LogP contribution in [0.15, 0.2) is 18.2 Å². The van der Waals surface area contributed by atoms with E-state index in [9.17, 15) is 4.79 Å². The van der Waals surface area contributed by atoms with Gasteiger partial charge in [-0.3, -0.25) is 5.41 Å². The Morgan fingerprint density at radius 3 is 2.53 bits per heavy atom. The van der Waals surface area contributed by atoms with Crippen LogP contribution in [0.2, 0.25) is 0 Å². The zero-order valence-electron chi connectivity index (χ0n) is 11.8. The summed E-state index contributed by atoms with van der Waals surface area (Å²) in [6.07, 6.45) is -0.460. The summed E-state index contributed by atoms with van der Waals surface area (Å²) >= 11 is 0. The van der Waals surface area contributed by atoms with Crippen molar-refractivity contribution in [2.75, 3.05) is 0 Å². The predicted octanol–water partition coefficient (Wildman–Crippen LogP) is 2.30. The van der Waals surface area contributed by atoms with Crippen molar-refractivity contribution in [2.45, 2.75) is 39.8 Å². The summed E-state index contributed by atoms with van der Waals surface area (Å²) in [5.74, 6) is 0.0159. The van der Waals surface area contributed by atoms with Gasteiger partial charge in [0.2, 0.25) is 0 Å². The molecule has 1 amide bonds. The monoisotopic (exact) mass is 263 g/mol. The first-order valence-corrected chi connectivity index (χ1v) is 6.09. The number of hydrogen-bond acceptors (Lipinski definition) is 3. The third-order valence-corrected chi connectivity index (χ3v) is 2.28. The van der Waals surface area contributed by atoms with Crippen LogP contribution in [-0.4, -0.2) is 17.5 Å². The number of aryl methyl sites for hydroxylation is 1. The molecule has 1 aromatic carbocycles. The molecular weight excluding hydrogens is 242 g/mol. The first-order chi connectivity index (χ1) is 8.67. The maximum atomic E-state index is 11.5. The first kappa shape index (κ1) is 15.0. The first-order valence-electron chi connectivity index (χ1n) is 6.09. The fourth-order valence-electron chi connectivity index (χ4n) is 1.61. The highest BCUT2D eigenvalue weighted by Gasteiger charge is 2.15. The van der Waals surface area contributed by atoms with E-state index in [4.69, 9.17) is 15.9 Å². The van der Waals surface area contributed by atoms with Crippen molar-refractivity contribution in [3.8, 4) is 0 Å². The lowest BCUT2D eigenvalue weighted by Crippen LogP contribution is -2.32. The summed E-state index contributed by atoms with van der Waals surface area (Å²) in [6, 6.07) is 5.55. The van der Waals surface area contributed by atoms with E-state index in [1.807, 2.05) is 39.8 Å². The van der Waals surface area contributed by atoms with E-state index in [1.165, 1.54) is 0 Å². The number of carbonyl (C=O) groups is 1. The zero-order chi connectivity index (χ0) is 14.6. The van der Waals surface area contributed by atoms with Crippen LogP contribution in [0.4, 0.5) is 4.79 Å². The molecule has 0 aliphatic heterocycles. The molecule has 19 heavy (non-hydrogen) atoms. The van der Waals surface area contributed by atoms with Crippen LogP contribution in [0.25, 0.3) is 0 Å². The molecule has 0 saturated carbocycles. The predicted molar refractivity (Wildman–Crippen MR) is 75.3 cm³/mol. The van der Waals surface area contributed by atoms with Gasteiger partial charge in [-0.25, -0.2) is 4.79 Å². The normalized spacial score (nSPS) is 10.9. The van der Waals surface area contributed by atoms with Gasteiger partial charge in [0.25, 0.3) is 0 Å². The number of benzene rings is 1. The highest BCUT2D eigenvalue weighted by atomic mass is 16.6. The summed E-state index contributed by atoms with van der Waals surface area (Å²) in [4.78, 5) is 11.5.